The van der Waals surface area contributed by atoms with Crippen molar-refractivity contribution in [2.45, 2.75) is 0 Å². The molecule has 1 aromatic heterocycles. The SMILES string of the molecule is COc1ccc(C=O)c(Oc2nnc(Cl)cc2C(=O)O)c1. The fraction of sp³-hybridized carbons (Fsp3) is 0.0769. The number of nitrogens with zero attached hydrogens (tertiary/aromatic N) is 2. The summed E-state index contributed by atoms with van der Waals surface area (Å²) in [5.74, 6) is -1.02. The van der Waals surface area contributed by atoms with Gasteiger partial charge in [-0.1, -0.05) is 11.6 Å². The van der Waals surface area contributed by atoms with Gasteiger partial charge >= 0.3 is 5.97 Å². The Hall–Kier alpha value is -2.67. The van der Waals surface area contributed by atoms with Gasteiger partial charge in [-0.25, -0.2) is 4.79 Å². The van der Waals surface area contributed by atoms with Gasteiger partial charge in [0.1, 0.15) is 17.1 Å². The number of carboxylic acid groups (broad SMARTS) is 1. The highest BCUT2D eigenvalue weighted by Crippen LogP contribution is 2.29. The van der Waals surface area contributed by atoms with Gasteiger partial charge in [-0.2, -0.15) is 0 Å². The number of aldehydes is 1. The average Bonchev–Trinajstić information content (AvgIpc) is 2.48. The first-order valence-corrected chi connectivity index (χ1v) is 6.00. The maximum absolute atomic E-state index is 11.1. The number of halogens is 1. The van der Waals surface area contributed by atoms with E-state index in [9.17, 15) is 9.59 Å². The van der Waals surface area contributed by atoms with Gasteiger partial charge in [-0.05, 0) is 18.2 Å². The molecule has 108 valence electrons. The number of hydrogen-bond donors (Lipinski definition) is 1. The Morgan fingerprint density at radius 2 is 2.10 bits per heavy atom. The zero-order chi connectivity index (χ0) is 15.4. The standard InChI is InChI=1S/C13H9ClN2O5/c1-20-8-3-2-7(6-17)10(4-8)21-12-9(13(18)19)5-11(14)15-16-12/h2-6H,1H3,(H,18,19). The molecule has 0 bridgehead atoms. The number of aromatic carboxylic acids is 1. The maximum atomic E-state index is 11.1. The van der Waals surface area contributed by atoms with Crippen molar-refractivity contribution in [2.75, 3.05) is 7.11 Å². The summed E-state index contributed by atoms with van der Waals surface area (Å²) < 4.78 is 10.4. The summed E-state index contributed by atoms with van der Waals surface area (Å²) in [6, 6.07) is 5.59. The number of benzene rings is 1. The van der Waals surface area contributed by atoms with Gasteiger partial charge in [0, 0.05) is 6.07 Å². The summed E-state index contributed by atoms with van der Waals surface area (Å²) in [7, 11) is 1.45. The van der Waals surface area contributed by atoms with Crippen LogP contribution in [0.5, 0.6) is 17.4 Å². The zero-order valence-corrected chi connectivity index (χ0v) is 11.5. The lowest BCUT2D eigenvalue weighted by Gasteiger charge is -2.10. The van der Waals surface area contributed by atoms with Gasteiger partial charge in [0.05, 0.1) is 12.7 Å². The van der Waals surface area contributed by atoms with Crippen LogP contribution in [-0.4, -0.2) is 34.7 Å². The van der Waals surface area contributed by atoms with Crippen LogP contribution < -0.4 is 9.47 Å². The molecule has 0 aliphatic rings. The number of aromatic nitrogens is 2. The third kappa shape index (κ3) is 3.26. The average molecular weight is 309 g/mol. The lowest BCUT2D eigenvalue weighted by atomic mass is 10.2. The number of ether oxygens (including phenoxy) is 2. The van der Waals surface area contributed by atoms with E-state index in [1.165, 1.54) is 19.2 Å². The summed E-state index contributed by atoms with van der Waals surface area (Å²) in [6.45, 7) is 0. The molecule has 0 saturated heterocycles. The topological polar surface area (TPSA) is 98.6 Å². The quantitative estimate of drug-likeness (QED) is 0.847. The van der Waals surface area contributed by atoms with Crippen LogP contribution in [0, 0.1) is 0 Å². The van der Waals surface area contributed by atoms with Crippen LogP contribution in [0.25, 0.3) is 0 Å². The Balaban J connectivity index is 2.47. The highest BCUT2D eigenvalue weighted by Gasteiger charge is 2.17. The van der Waals surface area contributed by atoms with Crippen molar-refractivity contribution in [1.29, 1.82) is 0 Å². The van der Waals surface area contributed by atoms with Crippen molar-refractivity contribution in [3.05, 3.63) is 40.5 Å². The van der Waals surface area contributed by atoms with E-state index >= 15 is 0 Å². The van der Waals surface area contributed by atoms with Gasteiger partial charge in [-0.3, -0.25) is 4.79 Å². The monoisotopic (exact) mass is 308 g/mol. The van der Waals surface area contributed by atoms with Gasteiger partial charge in [0.15, 0.2) is 11.4 Å². The number of methoxy groups -OCH3 is 1. The summed E-state index contributed by atoms with van der Waals surface area (Å²) in [5.41, 5.74) is -0.0569. The smallest absolute Gasteiger partial charge is 0.341 e. The Kier molecular flexibility index (Phi) is 4.34. The molecule has 1 heterocycles. The lowest BCUT2D eigenvalue weighted by Crippen LogP contribution is -2.04. The van der Waals surface area contributed by atoms with Crippen LogP contribution in [0.4, 0.5) is 0 Å². The molecule has 0 aliphatic carbocycles. The van der Waals surface area contributed by atoms with Crippen molar-refractivity contribution in [1.82, 2.24) is 10.2 Å². The van der Waals surface area contributed by atoms with E-state index in [-0.39, 0.29) is 27.9 Å². The maximum Gasteiger partial charge on any atom is 0.341 e. The molecule has 2 rings (SSSR count). The van der Waals surface area contributed by atoms with Crippen LogP contribution >= 0.6 is 11.6 Å². The third-order valence-electron chi connectivity index (χ3n) is 2.51. The normalized spacial score (nSPS) is 10.0. The minimum atomic E-state index is -1.28. The molecule has 0 atom stereocenters. The van der Waals surface area contributed by atoms with Crippen LogP contribution in [0.2, 0.25) is 5.15 Å². The number of carbonyl (C=O) groups is 2. The molecule has 0 unspecified atom stereocenters. The number of hydrogen-bond acceptors (Lipinski definition) is 6. The number of rotatable bonds is 5. The second-order valence-electron chi connectivity index (χ2n) is 3.81. The van der Waals surface area contributed by atoms with Crippen LogP contribution in [-0.2, 0) is 0 Å². The minimum absolute atomic E-state index is 0.0824. The molecule has 0 fully saturated rings. The van der Waals surface area contributed by atoms with Crippen molar-refractivity contribution in [3.8, 4) is 17.4 Å². The highest BCUT2D eigenvalue weighted by atomic mass is 35.5. The van der Waals surface area contributed by atoms with E-state index < -0.39 is 5.97 Å². The van der Waals surface area contributed by atoms with Crippen LogP contribution in [0.15, 0.2) is 24.3 Å². The van der Waals surface area contributed by atoms with E-state index in [2.05, 4.69) is 10.2 Å². The largest absolute Gasteiger partial charge is 0.497 e. The van der Waals surface area contributed by atoms with Crippen LogP contribution in [0.3, 0.4) is 0 Å². The van der Waals surface area contributed by atoms with E-state index in [1.54, 1.807) is 6.07 Å². The fourth-order valence-electron chi connectivity index (χ4n) is 1.52. The van der Waals surface area contributed by atoms with Crippen LogP contribution in [0.1, 0.15) is 20.7 Å². The zero-order valence-electron chi connectivity index (χ0n) is 10.7. The van der Waals surface area contributed by atoms with Gasteiger partial charge in [0.2, 0.25) is 0 Å². The molecule has 7 nitrogen and oxygen atoms in total. The predicted molar refractivity (Wildman–Crippen MR) is 72.5 cm³/mol. The third-order valence-corrected chi connectivity index (χ3v) is 2.70. The minimum Gasteiger partial charge on any atom is -0.497 e. The molecule has 1 aromatic carbocycles. The molecule has 21 heavy (non-hydrogen) atoms. The van der Waals surface area contributed by atoms with E-state index in [4.69, 9.17) is 26.2 Å². The Bertz CT molecular complexity index is 705. The summed E-state index contributed by atoms with van der Waals surface area (Å²) >= 11 is 5.60. The Morgan fingerprint density at radius 1 is 1.33 bits per heavy atom. The first-order valence-electron chi connectivity index (χ1n) is 5.62. The second kappa shape index (κ2) is 6.19. The molecular formula is C13H9ClN2O5. The molecule has 0 amide bonds. The molecule has 1 N–H and O–H groups in total. The molecular weight excluding hydrogens is 300 g/mol. The van der Waals surface area contributed by atoms with Gasteiger partial charge in [-0.15, -0.1) is 10.2 Å². The molecule has 0 saturated carbocycles. The van der Waals surface area contributed by atoms with Crippen molar-refractivity contribution in [3.63, 3.8) is 0 Å². The van der Waals surface area contributed by atoms with E-state index in [1.807, 2.05) is 0 Å². The fourth-order valence-corrected chi connectivity index (χ4v) is 1.66. The van der Waals surface area contributed by atoms with E-state index in [0.717, 1.165) is 6.07 Å². The molecule has 0 aliphatic heterocycles. The Morgan fingerprint density at radius 3 is 2.71 bits per heavy atom. The summed E-state index contributed by atoms with van der Waals surface area (Å²) in [5, 5.41) is 16.1. The highest BCUT2D eigenvalue weighted by molar-refractivity contribution is 6.29. The van der Waals surface area contributed by atoms with Gasteiger partial charge < -0.3 is 14.6 Å². The molecule has 2 aromatic rings. The molecule has 0 spiro atoms. The number of carbonyl (C=O) groups excluding carboxylic acids is 1. The van der Waals surface area contributed by atoms with Gasteiger partial charge in [0.25, 0.3) is 5.88 Å². The van der Waals surface area contributed by atoms with Crippen molar-refractivity contribution >= 4 is 23.9 Å². The number of carboxylic acids is 1. The Labute approximate surface area is 124 Å². The van der Waals surface area contributed by atoms with Crippen molar-refractivity contribution in [2.24, 2.45) is 0 Å². The predicted octanol–water partition coefficient (Wildman–Crippen LogP) is 2.44. The van der Waals surface area contributed by atoms with Crippen molar-refractivity contribution < 1.29 is 24.2 Å². The molecule has 8 heteroatoms. The second-order valence-corrected chi connectivity index (χ2v) is 4.20. The first kappa shape index (κ1) is 14.7. The lowest BCUT2D eigenvalue weighted by molar-refractivity contribution is 0.0693. The summed E-state index contributed by atoms with van der Waals surface area (Å²) in [6.07, 6.45) is 0.568. The summed E-state index contributed by atoms with van der Waals surface area (Å²) in [4.78, 5) is 22.1. The van der Waals surface area contributed by atoms with E-state index in [0.29, 0.717) is 12.0 Å². The first-order chi connectivity index (χ1) is 10.0. The molecule has 0 radical (unpaired) electrons.